The van der Waals surface area contributed by atoms with Crippen LogP contribution < -0.4 is 0 Å². The molecule has 0 saturated carbocycles. The fourth-order valence-electron chi connectivity index (χ4n) is 1.82. The van der Waals surface area contributed by atoms with Gasteiger partial charge in [0.2, 0.25) is 0 Å². The summed E-state index contributed by atoms with van der Waals surface area (Å²) in [5, 5.41) is 0. The van der Waals surface area contributed by atoms with Gasteiger partial charge in [-0.1, -0.05) is 19.9 Å². The fraction of sp³-hybridized carbons (Fsp3) is 0.417. The molecule has 1 nitrogen and oxygen atoms in total. The number of nitrogens with zero attached hydrogens (tertiary/aromatic N) is 1. The highest BCUT2D eigenvalue weighted by atomic mass is 19.1. The minimum absolute atomic E-state index is 0.272. The second-order valence-electron chi connectivity index (χ2n) is 4.64. The highest BCUT2D eigenvalue weighted by Crippen LogP contribution is 2.40. The molecule has 0 aliphatic heterocycles. The van der Waals surface area contributed by atoms with E-state index in [0.717, 1.165) is 18.5 Å². The van der Waals surface area contributed by atoms with Crippen molar-refractivity contribution in [1.29, 1.82) is 0 Å². The maximum absolute atomic E-state index is 12.6. The van der Waals surface area contributed by atoms with Crippen LogP contribution in [0.5, 0.6) is 0 Å². The Labute approximate surface area is 83.7 Å². The number of hydrogen-bond acceptors (Lipinski definition) is 1. The zero-order valence-corrected chi connectivity index (χ0v) is 8.55. The van der Waals surface area contributed by atoms with E-state index in [1.54, 1.807) is 6.07 Å². The Bertz CT molecular complexity index is 362. The van der Waals surface area contributed by atoms with Gasteiger partial charge in [-0.3, -0.25) is 4.98 Å². The number of aromatic nitrogens is 1. The largest absolute Gasteiger partial charge is 0.254 e. The molecule has 74 valence electrons. The van der Waals surface area contributed by atoms with Crippen LogP contribution in [-0.2, 0) is 0 Å². The van der Waals surface area contributed by atoms with E-state index in [9.17, 15) is 4.39 Å². The first kappa shape index (κ1) is 9.38. The third kappa shape index (κ3) is 1.84. The molecule has 0 unspecified atom stereocenters. The molecule has 2 rings (SSSR count). The maximum Gasteiger partial charge on any atom is 0.141 e. The van der Waals surface area contributed by atoms with Gasteiger partial charge < -0.3 is 0 Å². The first-order chi connectivity index (χ1) is 6.57. The van der Waals surface area contributed by atoms with E-state index in [0.29, 0.717) is 5.41 Å². The smallest absolute Gasteiger partial charge is 0.141 e. The average Bonchev–Trinajstić information content (AvgIpc) is 2.47. The lowest BCUT2D eigenvalue weighted by atomic mass is 9.89. The summed E-state index contributed by atoms with van der Waals surface area (Å²) in [6.07, 6.45) is 5.61. The van der Waals surface area contributed by atoms with Crippen molar-refractivity contribution >= 4 is 5.57 Å². The summed E-state index contributed by atoms with van der Waals surface area (Å²) in [5.41, 5.74) is 2.50. The Morgan fingerprint density at radius 1 is 1.36 bits per heavy atom. The van der Waals surface area contributed by atoms with E-state index < -0.39 is 0 Å². The Kier molecular flexibility index (Phi) is 2.14. The SMILES string of the molecule is CC1(C)CC=C(c2ccc(F)cn2)C1. The summed E-state index contributed by atoms with van der Waals surface area (Å²) < 4.78 is 12.6. The third-order valence-corrected chi connectivity index (χ3v) is 2.63. The molecular formula is C12H14FN. The Morgan fingerprint density at radius 3 is 2.64 bits per heavy atom. The van der Waals surface area contributed by atoms with Gasteiger partial charge in [-0.25, -0.2) is 4.39 Å². The summed E-state index contributed by atoms with van der Waals surface area (Å²) in [6.45, 7) is 4.47. The lowest BCUT2D eigenvalue weighted by Gasteiger charge is -2.16. The summed E-state index contributed by atoms with van der Waals surface area (Å²) >= 11 is 0. The number of halogens is 1. The molecule has 2 heteroatoms. The molecule has 0 amide bonds. The molecule has 14 heavy (non-hydrogen) atoms. The first-order valence-electron chi connectivity index (χ1n) is 4.88. The Morgan fingerprint density at radius 2 is 2.14 bits per heavy atom. The summed E-state index contributed by atoms with van der Waals surface area (Å²) in [7, 11) is 0. The zero-order chi connectivity index (χ0) is 10.2. The predicted molar refractivity (Wildman–Crippen MR) is 55.2 cm³/mol. The summed E-state index contributed by atoms with van der Waals surface area (Å²) in [5.74, 6) is -0.272. The molecule has 0 N–H and O–H groups in total. The van der Waals surface area contributed by atoms with E-state index in [1.165, 1.54) is 17.8 Å². The van der Waals surface area contributed by atoms with Crippen LogP contribution >= 0.6 is 0 Å². The van der Waals surface area contributed by atoms with Gasteiger partial charge in [-0.2, -0.15) is 0 Å². The van der Waals surface area contributed by atoms with Crippen LogP contribution in [0.2, 0.25) is 0 Å². The van der Waals surface area contributed by atoms with Crippen LogP contribution in [0.15, 0.2) is 24.4 Å². The van der Waals surface area contributed by atoms with E-state index >= 15 is 0 Å². The number of pyridine rings is 1. The second-order valence-corrected chi connectivity index (χ2v) is 4.64. The molecule has 1 aliphatic carbocycles. The molecule has 0 fully saturated rings. The van der Waals surface area contributed by atoms with Gasteiger partial charge in [0, 0.05) is 0 Å². The van der Waals surface area contributed by atoms with Crippen LogP contribution in [0, 0.1) is 11.2 Å². The highest BCUT2D eigenvalue weighted by molar-refractivity contribution is 5.65. The molecule has 0 bridgehead atoms. The number of rotatable bonds is 1. The van der Waals surface area contributed by atoms with Crippen LogP contribution in [0.1, 0.15) is 32.4 Å². The van der Waals surface area contributed by atoms with Crippen LogP contribution in [0.25, 0.3) is 5.57 Å². The van der Waals surface area contributed by atoms with Gasteiger partial charge in [0.15, 0.2) is 0 Å². The maximum atomic E-state index is 12.6. The lowest BCUT2D eigenvalue weighted by molar-refractivity contribution is 0.403. The highest BCUT2D eigenvalue weighted by Gasteiger charge is 2.25. The molecule has 0 spiro atoms. The minimum Gasteiger partial charge on any atom is -0.254 e. The van der Waals surface area contributed by atoms with Crippen molar-refractivity contribution < 1.29 is 4.39 Å². The molecule has 0 atom stereocenters. The van der Waals surface area contributed by atoms with Gasteiger partial charge in [0.05, 0.1) is 11.9 Å². The summed E-state index contributed by atoms with van der Waals surface area (Å²) in [4.78, 5) is 4.08. The van der Waals surface area contributed by atoms with Gasteiger partial charge in [0.25, 0.3) is 0 Å². The predicted octanol–water partition coefficient (Wildman–Crippen LogP) is 3.42. The molecule has 0 aromatic carbocycles. The van der Waals surface area contributed by atoms with Gasteiger partial charge in [-0.05, 0) is 36.0 Å². The van der Waals surface area contributed by atoms with Crippen molar-refractivity contribution in [3.05, 3.63) is 35.9 Å². The summed E-state index contributed by atoms with van der Waals surface area (Å²) in [6, 6.07) is 3.22. The normalized spacial score (nSPS) is 19.5. The molecule has 0 radical (unpaired) electrons. The van der Waals surface area contributed by atoms with E-state index in [1.807, 2.05) is 0 Å². The lowest BCUT2D eigenvalue weighted by Crippen LogP contribution is -2.04. The Balaban J connectivity index is 2.22. The van der Waals surface area contributed by atoms with Crippen molar-refractivity contribution in [2.45, 2.75) is 26.7 Å². The molecule has 0 saturated heterocycles. The molecular weight excluding hydrogens is 177 g/mol. The Hall–Kier alpha value is -1.18. The van der Waals surface area contributed by atoms with Gasteiger partial charge >= 0.3 is 0 Å². The van der Waals surface area contributed by atoms with Gasteiger partial charge in [-0.15, -0.1) is 0 Å². The van der Waals surface area contributed by atoms with E-state index in [4.69, 9.17) is 0 Å². The van der Waals surface area contributed by atoms with Crippen molar-refractivity contribution in [2.24, 2.45) is 5.41 Å². The minimum atomic E-state index is -0.272. The van der Waals surface area contributed by atoms with Crippen LogP contribution in [-0.4, -0.2) is 4.98 Å². The molecule has 1 aromatic rings. The average molecular weight is 191 g/mol. The molecule has 1 aromatic heterocycles. The van der Waals surface area contributed by atoms with Gasteiger partial charge in [0.1, 0.15) is 5.82 Å². The van der Waals surface area contributed by atoms with E-state index in [-0.39, 0.29) is 5.82 Å². The van der Waals surface area contributed by atoms with Crippen LogP contribution in [0.3, 0.4) is 0 Å². The van der Waals surface area contributed by atoms with Crippen molar-refractivity contribution in [2.75, 3.05) is 0 Å². The molecule has 1 aliphatic rings. The van der Waals surface area contributed by atoms with Crippen LogP contribution in [0.4, 0.5) is 4.39 Å². The zero-order valence-electron chi connectivity index (χ0n) is 8.55. The van der Waals surface area contributed by atoms with Crippen molar-refractivity contribution in [3.63, 3.8) is 0 Å². The standard InChI is InChI=1S/C12H14FN/c1-12(2)6-5-9(7-12)11-4-3-10(13)8-14-11/h3-5,8H,6-7H2,1-2H3. The van der Waals surface area contributed by atoms with Crippen molar-refractivity contribution in [1.82, 2.24) is 4.98 Å². The number of allylic oxidation sites excluding steroid dienone is 2. The van der Waals surface area contributed by atoms with Crippen molar-refractivity contribution in [3.8, 4) is 0 Å². The fourth-order valence-corrected chi connectivity index (χ4v) is 1.82. The number of hydrogen-bond donors (Lipinski definition) is 0. The first-order valence-corrected chi connectivity index (χ1v) is 4.88. The topological polar surface area (TPSA) is 12.9 Å². The third-order valence-electron chi connectivity index (χ3n) is 2.63. The quantitative estimate of drug-likeness (QED) is 0.662. The second kappa shape index (κ2) is 3.19. The monoisotopic (exact) mass is 191 g/mol. The van der Waals surface area contributed by atoms with E-state index in [2.05, 4.69) is 24.9 Å². The molecule has 1 heterocycles.